The molecule has 1 saturated heterocycles. The summed E-state index contributed by atoms with van der Waals surface area (Å²) in [6.07, 6.45) is 1.80. The summed E-state index contributed by atoms with van der Waals surface area (Å²) in [5.41, 5.74) is 5.00. The van der Waals surface area contributed by atoms with E-state index in [1.807, 2.05) is 0 Å². The minimum absolute atomic E-state index is 0.0185. The average molecular weight is 216 g/mol. The van der Waals surface area contributed by atoms with Gasteiger partial charge in [0, 0.05) is 13.1 Å². The highest BCUT2D eigenvalue weighted by Crippen LogP contribution is 2.28. The fourth-order valence-corrected chi connectivity index (χ4v) is 1.11. The number of primary amides is 1. The number of carbonyl (C=O) groups is 2. The van der Waals surface area contributed by atoms with Crippen molar-refractivity contribution in [3.05, 3.63) is 0 Å². The van der Waals surface area contributed by atoms with Gasteiger partial charge in [0.2, 0.25) is 0 Å². The van der Waals surface area contributed by atoms with Gasteiger partial charge in [0.15, 0.2) is 0 Å². The van der Waals surface area contributed by atoms with Crippen molar-refractivity contribution in [1.82, 2.24) is 4.90 Å². The summed E-state index contributed by atoms with van der Waals surface area (Å²) in [5.74, 6) is -0.611. The Morgan fingerprint density at radius 1 is 1.27 bits per heavy atom. The predicted octanol–water partition coefficient (Wildman–Crippen LogP) is -0.122. The number of carbonyl (C=O) groups excluding carboxylic acids is 1. The van der Waals surface area contributed by atoms with E-state index in [0.29, 0.717) is 26.3 Å². The Bertz CT molecular complexity index is 234. The van der Waals surface area contributed by atoms with E-state index in [1.165, 1.54) is 0 Å². The van der Waals surface area contributed by atoms with Gasteiger partial charge in [-0.05, 0) is 12.8 Å². The Hall–Kier alpha value is -1.30. The van der Waals surface area contributed by atoms with Crippen LogP contribution in [0.5, 0.6) is 0 Å². The molecule has 0 aromatic heterocycles. The second-order valence-corrected chi connectivity index (χ2v) is 3.55. The molecular weight excluding hydrogens is 200 g/mol. The Balaban J connectivity index is 0.000000162. The summed E-state index contributed by atoms with van der Waals surface area (Å²) in [7, 11) is 0. The molecule has 1 saturated carbocycles. The lowest BCUT2D eigenvalue weighted by atomic mass is 10.4. The summed E-state index contributed by atoms with van der Waals surface area (Å²) in [4.78, 5) is 21.8. The number of urea groups is 1. The lowest BCUT2D eigenvalue weighted by molar-refractivity contribution is -0.138. The van der Waals surface area contributed by atoms with Gasteiger partial charge in [0.05, 0.1) is 19.1 Å². The molecule has 86 valence electrons. The van der Waals surface area contributed by atoms with Crippen LogP contribution in [0.1, 0.15) is 12.8 Å². The zero-order valence-corrected chi connectivity index (χ0v) is 8.52. The monoisotopic (exact) mass is 216 g/mol. The highest BCUT2D eigenvalue weighted by atomic mass is 16.5. The molecule has 1 aliphatic carbocycles. The van der Waals surface area contributed by atoms with Crippen LogP contribution in [-0.2, 0) is 9.53 Å². The maximum absolute atomic E-state index is 10.4. The number of morpholine rings is 1. The van der Waals surface area contributed by atoms with Crippen molar-refractivity contribution >= 4 is 12.0 Å². The van der Waals surface area contributed by atoms with Crippen molar-refractivity contribution < 1.29 is 19.4 Å². The topological polar surface area (TPSA) is 92.9 Å². The van der Waals surface area contributed by atoms with E-state index in [-0.39, 0.29) is 11.9 Å². The van der Waals surface area contributed by atoms with Gasteiger partial charge in [-0.1, -0.05) is 0 Å². The zero-order chi connectivity index (χ0) is 11.3. The van der Waals surface area contributed by atoms with Crippen LogP contribution >= 0.6 is 0 Å². The number of hydrogen-bond donors (Lipinski definition) is 2. The normalized spacial score (nSPS) is 20.1. The Kier molecular flexibility index (Phi) is 4.36. The first-order valence-electron chi connectivity index (χ1n) is 4.96. The highest BCUT2D eigenvalue weighted by molar-refractivity contribution is 5.72. The lowest BCUT2D eigenvalue weighted by Gasteiger charge is -2.24. The molecule has 0 bridgehead atoms. The minimum atomic E-state index is -0.630. The third-order valence-electron chi connectivity index (χ3n) is 2.25. The zero-order valence-electron chi connectivity index (χ0n) is 8.52. The number of nitrogens with zero attached hydrogens (tertiary/aromatic N) is 1. The van der Waals surface area contributed by atoms with Crippen LogP contribution < -0.4 is 5.73 Å². The predicted molar refractivity (Wildman–Crippen MR) is 52.3 cm³/mol. The molecule has 0 aromatic carbocycles. The number of rotatable bonds is 1. The SMILES string of the molecule is NC(=O)N1CCOCC1.O=C(O)C1CC1. The van der Waals surface area contributed by atoms with Crippen LogP contribution in [0.4, 0.5) is 4.79 Å². The molecule has 6 heteroatoms. The molecule has 2 fully saturated rings. The van der Waals surface area contributed by atoms with Crippen molar-refractivity contribution in [3.63, 3.8) is 0 Å². The van der Waals surface area contributed by atoms with Crippen molar-refractivity contribution in [2.45, 2.75) is 12.8 Å². The Morgan fingerprint density at radius 2 is 1.80 bits per heavy atom. The Labute approximate surface area is 88.0 Å². The van der Waals surface area contributed by atoms with E-state index in [4.69, 9.17) is 15.6 Å². The van der Waals surface area contributed by atoms with Gasteiger partial charge >= 0.3 is 12.0 Å². The first-order valence-corrected chi connectivity index (χ1v) is 4.96. The summed E-state index contributed by atoms with van der Waals surface area (Å²) in [5, 5.41) is 8.05. The van der Waals surface area contributed by atoms with Gasteiger partial charge in [-0.25, -0.2) is 4.79 Å². The van der Waals surface area contributed by atoms with E-state index in [0.717, 1.165) is 12.8 Å². The maximum Gasteiger partial charge on any atom is 0.314 e. The van der Waals surface area contributed by atoms with Crippen molar-refractivity contribution in [2.24, 2.45) is 11.7 Å². The van der Waals surface area contributed by atoms with E-state index in [2.05, 4.69) is 0 Å². The fraction of sp³-hybridized carbons (Fsp3) is 0.778. The lowest BCUT2D eigenvalue weighted by Crippen LogP contribution is -2.43. The van der Waals surface area contributed by atoms with Gasteiger partial charge in [-0.3, -0.25) is 4.79 Å². The summed E-state index contributed by atoms with van der Waals surface area (Å²) >= 11 is 0. The third kappa shape index (κ3) is 4.64. The van der Waals surface area contributed by atoms with Crippen molar-refractivity contribution in [1.29, 1.82) is 0 Å². The molecule has 2 rings (SSSR count). The van der Waals surface area contributed by atoms with Gasteiger partial charge in [-0.15, -0.1) is 0 Å². The highest BCUT2D eigenvalue weighted by Gasteiger charge is 2.28. The molecule has 6 nitrogen and oxygen atoms in total. The molecule has 1 aliphatic heterocycles. The summed E-state index contributed by atoms with van der Waals surface area (Å²) in [6.45, 7) is 2.50. The number of hydrogen-bond acceptors (Lipinski definition) is 3. The summed E-state index contributed by atoms with van der Waals surface area (Å²) in [6, 6.07) is -0.349. The van der Waals surface area contributed by atoms with E-state index in [9.17, 15) is 9.59 Å². The van der Waals surface area contributed by atoms with Crippen LogP contribution in [0.2, 0.25) is 0 Å². The van der Waals surface area contributed by atoms with E-state index < -0.39 is 5.97 Å². The summed E-state index contributed by atoms with van der Waals surface area (Å²) < 4.78 is 5.00. The molecule has 0 aromatic rings. The van der Waals surface area contributed by atoms with E-state index in [1.54, 1.807) is 4.90 Å². The third-order valence-corrected chi connectivity index (χ3v) is 2.25. The number of nitrogens with two attached hydrogens (primary N) is 1. The molecule has 2 aliphatic rings. The van der Waals surface area contributed by atoms with Crippen molar-refractivity contribution in [2.75, 3.05) is 26.3 Å². The molecule has 0 spiro atoms. The number of ether oxygens (including phenoxy) is 1. The van der Waals surface area contributed by atoms with Crippen LogP contribution in [-0.4, -0.2) is 48.3 Å². The molecule has 1 heterocycles. The molecule has 0 unspecified atom stereocenters. The first kappa shape index (κ1) is 11.8. The van der Waals surface area contributed by atoms with Crippen LogP contribution in [0.25, 0.3) is 0 Å². The molecule has 0 atom stereocenters. The van der Waals surface area contributed by atoms with Gasteiger partial charge < -0.3 is 20.5 Å². The average Bonchev–Trinajstić information content (AvgIpc) is 3.03. The Morgan fingerprint density at radius 3 is 2.00 bits per heavy atom. The van der Waals surface area contributed by atoms with Gasteiger partial charge in [0.1, 0.15) is 0 Å². The smallest absolute Gasteiger partial charge is 0.314 e. The van der Waals surface area contributed by atoms with Crippen LogP contribution in [0.3, 0.4) is 0 Å². The second-order valence-electron chi connectivity index (χ2n) is 3.55. The quantitative estimate of drug-likeness (QED) is 0.639. The standard InChI is InChI=1S/C5H10N2O2.C4H6O2/c6-5(8)7-1-3-9-4-2-7;5-4(6)3-1-2-3/h1-4H2,(H2,6,8);3H,1-2H2,(H,5,6). The largest absolute Gasteiger partial charge is 0.481 e. The first-order chi connectivity index (χ1) is 7.11. The second kappa shape index (κ2) is 5.55. The molecule has 3 N–H and O–H groups in total. The van der Waals surface area contributed by atoms with Crippen LogP contribution in [0, 0.1) is 5.92 Å². The maximum atomic E-state index is 10.4. The van der Waals surface area contributed by atoms with Gasteiger partial charge in [0.25, 0.3) is 0 Å². The number of aliphatic carboxylic acids is 1. The van der Waals surface area contributed by atoms with Gasteiger partial charge in [-0.2, -0.15) is 0 Å². The van der Waals surface area contributed by atoms with E-state index >= 15 is 0 Å². The van der Waals surface area contributed by atoms with Crippen molar-refractivity contribution in [3.8, 4) is 0 Å². The molecule has 0 radical (unpaired) electrons. The molecule has 2 amide bonds. The fourth-order valence-electron chi connectivity index (χ4n) is 1.11. The number of amides is 2. The number of carboxylic acids is 1. The minimum Gasteiger partial charge on any atom is -0.481 e. The number of carboxylic acid groups (broad SMARTS) is 1. The molecular formula is C9H16N2O4. The van der Waals surface area contributed by atoms with Crippen LogP contribution in [0.15, 0.2) is 0 Å². The molecule has 15 heavy (non-hydrogen) atoms.